The highest BCUT2D eigenvalue weighted by Crippen LogP contribution is 2.42. The van der Waals surface area contributed by atoms with Gasteiger partial charge in [-0.2, -0.15) is 0 Å². The van der Waals surface area contributed by atoms with Gasteiger partial charge >= 0.3 is 0 Å². The summed E-state index contributed by atoms with van der Waals surface area (Å²) in [5, 5.41) is 9.29. The number of nitrogens with zero attached hydrogens (tertiary/aromatic N) is 1. The molecule has 1 amide bonds. The Labute approximate surface area is 112 Å². The van der Waals surface area contributed by atoms with Crippen molar-refractivity contribution in [2.75, 3.05) is 18.6 Å². The average Bonchev–Trinajstić information content (AvgIpc) is 2.43. The van der Waals surface area contributed by atoms with Crippen molar-refractivity contribution in [1.29, 1.82) is 0 Å². The number of benzene rings is 1. The molecular formula is C14H19NO4. The maximum absolute atomic E-state index is 12.2. The van der Waals surface area contributed by atoms with Crippen molar-refractivity contribution >= 4 is 11.6 Å². The molecule has 1 atom stereocenters. The fourth-order valence-corrected chi connectivity index (χ4v) is 2.22. The van der Waals surface area contributed by atoms with Crippen LogP contribution in [0.15, 0.2) is 12.1 Å². The predicted molar refractivity (Wildman–Crippen MR) is 71.7 cm³/mol. The lowest BCUT2D eigenvalue weighted by Gasteiger charge is -2.34. The largest absolute Gasteiger partial charge is 0.493 e. The predicted octanol–water partition coefficient (Wildman–Crippen LogP) is 1.71. The molecule has 1 aromatic rings. The van der Waals surface area contributed by atoms with Crippen molar-refractivity contribution < 1.29 is 19.4 Å². The van der Waals surface area contributed by atoms with Crippen LogP contribution in [-0.2, 0) is 11.4 Å². The Morgan fingerprint density at radius 2 is 2.21 bits per heavy atom. The van der Waals surface area contributed by atoms with Crippen molar-refractivity contribution in [2.24, 2.45) is 0 Å². The number of methoxy groups -OCH3 is 1. The third kappa shape index (κ3) is 2.38. The van der Waals surface area contributed by atoms with Gasteiger partial charge in [-0.25, -0.2) is 0 Å². The molecule has 0 radical (unpaired) electrons. The highest BCUT2D eigenvalue weighted by Gasteiger charge is 2.33. The second-order valence-electron chi connectivity index (χ2n) is 4.55. The number of anilines is 1. The lowest BCUT2D eigenvalue weighted by atomic mass is 10.1. The summed E-state index contributed by atoms with van der Waals surface area (Å²) in [6, 6.07) is 3.50. The summed E-state index contributed by atoms with van der Waals surface area (Å²) in [5.74, 6) is 1.05. The van der Waals surface area contributed by atoms with Gasteiger partial charge in [-0.3, -0.25) is 4.79 Å². The monoisotopic (exact) mass is 265 g/mol. The molecule has 0 saturated carbocycles. The molecule has 0 spiro atoms. The minimum Gasteiger partial charge on any atom is -0.493 e. The molecule has 19 heavy (non-hydrogen) atoms. The van der Waals surface area contributed by atoms with E-state index in [1.165, 1.54) is 0 Å². The Morgan fingerprint density at radius 3 is 2.79 bits per heavy atom. The molecule has 0 bridgehead atoms. The van der Waals surface area contributed by atoms with E-state index >= 15 is 0 Å². The molecule has 0 fully saturated rings. The Hall–Kier alpha value is -1.75. The van der Waals surface area contributed by atoms with Gasteiger partial charge in [0.05, 0.1) is 19.4 Å². The van der Waals surface area contributed by atoms with Crippen LogP contribution in [0.5, 0.6) is 11.5 Å². The van der Waals surface area contributed by atoms with Crippen LogP contribution < -0.4 is 14.4 Å². The fraction of sp³-hybridized carbons (Fsp3) is 0.500. The van der Waals surface area contributed by atoms with Crippen LogP contribution in [0.2, 0.25) is 0 Å². The smallest absolute Gasteiger partial charge is 0.267 e. The summed E-state index contributed by atoms with van der Waals surface area (Å²) in [6.45, 7) is 4.26. The lowest BCUT2D eigenvalue weighted by Crippen LogP contribution is -2.44. The topological polar surface area (TPSA) is 59.0 Å². The first-order chi connectivity index (χ1) is 9.12. The molecule has 1 unspecified atom stereocenters. The third-order valence-electron chi connectivity index (χ3n) is 3.14. The number of rotatable bonds is 4. The molecule has 5 nitrogen and oxygen atoms in total. The van der Waals surface area contributed by atoms with Crippen LogP contribution in [0, 0.1) is 0 Å². The molecule has 2 rings (SSSR count). The summed E-state index contributed by atoms with van der Waals surface area (Å²) in [6.07, 6.45) is 0.330. The van der Waals surface area contributed by atoms with E-state index in [0.717, 1.165) is 6.42 Å². The van der Waals surface area contributed by atoms with E-state index < -0.39 is 6.10 Å². The number of carbonyl (C=O) groups excluding carboxylic acids is 1. The normalized spacial score (nSPS) is 18.0. The highest BCUT2D eigenvalue weighted by molar-refractivity contribution is 6.00. The van der Waals surface area contributed by atoms with Gasteiger partial charge in [0.1, 0.15) is 0 Å². The number of hydrogen-bond acceptors (Lipinski definition) is 4. The summed E-state index contributed by atoms with van der Waals surface area (Å²) in [4.78, 5) is 13.9. The Kier molecular flexibility index (Phi) is 3.95. The Balaban J connectivity index is 2.56. The molecule has 1 aliphatic heterocycles. The van der Waals surface area contributed by atoms with Gasteiger partial charge in [-0.05, 0) is 31.0 Å². The number of fused-ring (bicyclic) bond motifs is 1. The minimum atomic E-state index is -0.520. The summed E-state index contributed by atoms with van der Waals surface area (Å²) >= 11 is 0. The highest BCUT2D eigenvalue weighted by atomic mass is 16.5. The number of amides is 1. The third-order valence-corrected chi connectivity index (χ3v) is 3.14. The minimum absolute atomic E-state index is 0.0634. The molecular weight excluding hydrogens is 246 g/mol. The second-order valence-corrected chi connectivity index (χ2v) is 4.55. The van der Waals surface area contributed by atoms with Gasteiger partial charge < -0.3 is 19.5 Å². The van der Waals surface area contributed by atoms with Crippen LogP contribution >= 0.6 is 0 Å². The molecule has 5 heteroatoms. The van der Waals surface area contributed by atoms with Crippen LogP contribution in [0.3, 0.4) is 0 Å². The quantitative estimate of drug-likeness (QED) is 0.900. The number of hydrogen-bond donors (Lipinski definition) is 1. The van der Waals surface area contributed by atoms with Crippen molar-refractivity contribution in [3.05, 3.63) is 17.7 Å². The van der Waals surface area contributed by atoms with Crippen molar-refractivity contribution in [1.82, 2.24) is 0 Å². The van der Waals surface area contributed by atoms with E-state index in [2.05, 4.69) is 0 Å². The zero-order valence-corrected chi connectivity index (χ0v) is 11.5. The van der Waals surface area contributed by atoms with Crippen LogP contribution in [0.4, 0.5) is 5.69 Å². The van der Waals surface area contributed by atoms with E-state index in [4.69, 9.17) is 9.47 Å². The Bertz CT molecular complexity index is 487. The Morgan fingerprint density at radius 1 is 1.47 bits per heavy atom. The average molecular weight is 265 g/mol. The van der Waals surface area contributed by atoms with E-state index in [9.17, 15) is 9.90 Å². The molecule has 1 aliphatic rings. The molecule has 1 heterocycles. The molecule has 0 aromatic heterocycles. The van der Waals surface area contributed by atoms with E-state index in [0.29, 0.717) is 29.3 Å². The zero-order chi connectivity index (χ0) is 14.0. The molecule has 1 N–H and O–H groups in total. The summed E-state index contributed by atoms with van der Waals surface area (Å²) < 4.78 is 10.9. The van der Waals surface area contributed by atoms with Gasteiger partial charge in [0, 0.05) is 6.54 Å². The standard InChI is InChI=1S/C14H19NO4/c1-4-5-15-11-6-10(8-16)7-12(18-3)13(11)19-9(2)14(15)17/h6-7,9,16H,4-5,8H2,1-3H3. The molecule has 104 valence electrons. The first kappa shape index (κ1) is 13.7. The van der Waals surface area contributed by atoms with Gasteiger partial charge in [0.2, 0.25) is 0 Å². The molecule has 1 aromatic carbocycles. The second kappa shape index (κ2) is 5.48. The maximum atomic E-state index is 12.2. The summed E-state index contributed by atoms with van der Waals surface area (Å²) in [5.41, 5.74) is 1.37. The van der Waals surface area contributed by atoms with Crippen molar-refractivity contribution in [2.45, 2.75) is 33.0 Å². The summed E-state index contributed by atoms with van der Waals surface area (Å²) in [7, 11) is 1.55. The zero-order valence-electron chi connectivity index (χ0n) is 11.5. The molecule has 0 aliphatic carbocycles. The first-order valence-electron chi connectivity index (χ1n) is 6.42. The number of aliphatic hydroxyl groups excluding tert-OH is 1. The fourth-order valence-electron chi connectivity index (χ4n) is 2.22. The van der Waals surface area contributed by atoms with Gasteiger partial charge in [0.15, 0.2) is 17.6 Å². The molecule has 0 saturated heterocycles. The maximum Gasteiger partial charge on any atom is 0.267 e. The van der Waals surface area contributed by atoms with Gasteiger partial charge in [-0.15, -0.1) is 0 Å². The first-order valence-corrected chi connectivity index (χ1v) is 6.42. The SMILES string of the molecule is CCCN1C(=O)C(C)Oc2c(OC)cc(CO)cc21. The van der Waals surface area contributed by atoms with E-state index in [1.807, 2.05) is 6.92 Å². The number of carbonyl (C=O) groups is 1. The van der Waals surface area contributed by atoms with Crippen LogP contribution in [0.25, 0.3) is 0 Å². The lowest BCUT2D eigenvalue weighted by molar-refractivity contribution is -0.125. The van der Waals surface area contributed by atoms with Gasteiger partial charge in [-0.1, -0.05) is 6.92 Å². The van der Waals surface area contributed by atoms with Crippen molar-refractivity contribution in [3.63, 3.8) is 0 Å². The van der Waals surface area contributed by atoms with Crippen molar-refractivity contribution in [3.8, 4) is 11.5 Å². The number of aliphatic hydroxyl groups is 1. The van der Waals surface area contributed by atoms with Crippen LogP contribution in [0.1, 0.15) is 25.8 Å². The number of ether oxygens (including phenoxy) is 2. The van der Waals surface area contributed by atoms with E-state index in [1.54, 1.807) is 31.1 Å². The van der Waals surface area contributed by atoms with Gasteiger partial charge in [0.25, 0.3) is 5.91 Å². The van der Waals surface area contributed by atoms with Crippen LogP contribution in [-0.4, -0.2) is 30.8 Å². The van der Waals surface area contributed by atoms with E-state index in [-0.39, 0.29) is 12.5 Å².